The number of carbonyl (C=O) groups is 1. The number of rotatable bonds is 5. The summed E-state index contributed by atoms with van der Waals surface area (Å²) in [5.74, 6) is -1.25. The summed E-state index contributed by atoms with van der Waals surface area (Å²) >= 11 is 2.20. The van der Waals surface area contributed by atoms with Crippen LogP contribution in [0.1, 0.15) is 14.7 Å². The molecule has 18 heavy (non-hydrogen) atoms. The van der Waals surface area contributed by atoms with E-state index in [2.05, 4.69) is 9.71 Å². The Hall–Kier alpha value is -1.29. The topological polar surface area (TPSA) is 96.4 Å². The highest BCUT2D eigenvalue weighted by Gasteiger charge is 2.23. The molecule has 0 saturated carbocycles. The van der Waals surface area contributed by atoms with Crippen LogP contribution in [0.15, 0.2) is 27.9 Å². The van der Waals surface area contributed by atoms with Gasteiger partial charge >= 0.3 is 5.97 Å². The third-order valence-corrected chi connectivity index (χ3v) is 5.26. The van der Waals surface area contributed by atoms with Crippen LogP contribution in [0.4, 0.5) is 0 Å². The van der Waals surface area contributed by atoms with E-state index in [1.165, 1.54) is 22.8 Å². The van der Waals surface area contributed by atoms with Crippen LogP contribution in [0.25, 0.3) is 0 Å². The number of carboxylic acid groups (broad SMARTS) is 1. The molecule has 96 valence electrons. The average molecular weight is 304 g/mol. The van der Waals surface area contributed by atoms with E-state index in [1.54, 1.807) is 11.6 Å². The molecule has 0 spiro atoms. The van der Waals surface area contributed by atoms with Gasteiger partial charge in [-0.15, -0.1) is 22.7 Å². The molecule has 2 heterocycles. The smallest absolute Gasteiger partial charge is 0.347 e. The zero-order valence-corrected chi connectivity index (χ0v) is 11.3. The van der Waals surface area contributed by atoms with Gasteiger partial charge in [0, 0.05) is 11.6 Å². The maximum atomic E-state index is 11.9. The van der Waals surface area contributed by atoms with Crippen LogP contribution < -0.4 is 4.72 Å². The molecule has 2 aromatic heterocycles. The van der Waals surface area contributed by atoms with Gasteiger partial charge in [-0.2, -0.15) is 0 Å². The Kier molecular flexibility index (Phi) is 3.76. The molecule has 0 saturated heterocycles. The molecule has 0 unspecified atom stereocenters. The SMILES string of the molecule is O=C(O)c1sccc1S(=O)(=O)NCc1nccs1. The van der Waals surface area contributed by atoms with Crippen LogP contribution in [0, 0.1) is 0 Å². The second kappa shape index (κ2) is 5.14. The van der Waals surface area contributed by atoms with Crippen LogP contribution in [0.5, 0.6) is 0 Å². The van der Waals surface area contributed by atoms with Gasteiger partial charge in [0.1, 0.15) is 14.8 Å². The number of sulfonamides is 1. The first kappa shape index (κ1) is 13.1. The van der Waals surface area contributed by atoms with Crippen molar-refractivity contribution < 1.29 is 18.3 Å². The normalized spacial score (nSPS) is 11.6. The monoisotopic (exact) mass is 304 g/mol. The highest BCUT2D eigenvalue weighted by Crippen LogP contribution is 2.22. The van der Waals surface area contributed by atoms with Gasteiger partial charge in [-0.25, -0.2) is 22.9 Å². The van der Waals surface area contributed by atoms with Gasteiger partial charge in [0.25, 0.3) is 0 Å². The van der Waals surface area contributed by atoms with Crippen LogP contribution in [-0.4, -0.2) is 24.5 Å². The Morgan fingerprint density at radius 3 is 2.78 bits per heavy atom. The average Bonchev–Trinajstić information content (AvgIpc) is 2.98. The van der Waals surface area contributed by atoms with E-state index in [1.807, 2.05) is 0 Å². The molecule has 0 bridgehead atoms. The van der Waals surface area contributed by atoms with Gasteiger partial charge in [-0.1, -0.05) is 0 Å². The van der Waals surface area contributed by atoms with E-state index in [-0.39, 0.29) is 16.3 Å². The van der Waals surface area contributed by atoms with E-state index in [0.717, 1.165) is 11.3 Å². The predicted octanol–water partition coefficient (Wildman–Crippen LogP) is 1.38. The number of nitrogens with one attached hydrogen (secondary N) is 1. The molecule has 0 amide bonds. The number of thiophene rings is 1. The molecule has 0 aliphatic heterocycles. The highest BCUT2D eigenvalue weighted by molar-refractivity contribution is 7.89. The van der Waals surface area contributed by atoms with E-state index >= 15 is 0 Å². The Bertz CT molecular complexity index is 645. The highest BCUT2D eigenvalue weighted by atomic mass is 32.2. The minimum absolute atomic E-state index is 0.0505. The molecule has 6 nitrogen and oxygen atoms in total. The molecule has 0 aromatic carbocycles. The third kappa shape index (κ3) is 2.75. The number of aromatic nitrogens is 1. The summed E-state index contributed by atoms with van der Waals surface area (Å²) in [5.41, 5.74) is 0. The lowest BCUT2D eigenvalue weighted by Crippen LogP contribution is -2.24. The van der Waals surface area contributed by atoms with Crippen molar-refractivity contribution in [3.63, 3.8) is 0 Å². The molecule has 0 atom stereocenters. The largest absolute Gasteiger partial charge is 0.477 e. The van der Waals surface area contributed by atoms with Gasteiger partial charge in [0.05, 0.1) is 6.54 Å². The van der Waals surface area contributed by atoms with Crippen LogP contribution in [-0.2, 0) is 16.6 Å². The van der Waals surface area contributed by atoms with Crippen LogP contribution in [0.3, 0.4) is 0 Å². The van der Waals surface area contributed by atoms with Gasteiger partial charge in [0.15, 0.2) is 0 Å². The first-order chi connectivity index (χ1) is 8.50. The molecule has 0 fully saturated rings. The minimum Gasteiger partial charge on any atom is -0.477 e. The van der Waals surface area contributed by atoms with Crippen molar-refractivity contribution >= 4 is 38.7 Å². The summed E-state index contributed by atoms with van der Waals surface area (Å²) < 4.78 is 26.2. The lowest BCUT2D eigenvalue weighted by molar-refractivity contribution is 0.0698. The van der Waals surface area contributed by atoms with Gasteiger partial charge in [-0.05, 0) is 11.4 Å². The summed E-state index contributed by atoms with van der Waals surface area (Å²) in [5, 5.41) is 12.7. The molecular formula is C9H8N2O4S3. The van der Waals surface area contributed by atoms with E-state index in [0.29, 0.717) is 5.01 Å². The quantitative estimate of drug-likeness (QED) is 0.870. The van der Waals surface area contributed by atoms with Crippen LogP contribution in [0.2, 0.25) is 0 Å². The summed E-state index contributed by atoms with van der Waals surface area (Å²) in [7, 11) is -3.82. The zero-order chi connectivity index (χ0) is 13.2. The second-order valence-electron chi connectivity index (χ2n) is 3.17. The molecule has 9 heteroatoms. The number of hydrogen-bond donors (Lipinski definition) is 2. The Balaban J connectivity index is 2.20. The standard InChI is InChI=1S/C9H8N2O4S3/c12-9(13)8-6(1-3-17-8)18(14,15)11-5-7-10-2-4-16-7/h1-4,11H,5H2,(H,12,13). The molecule has 2 N–H and O–H groups in total. The number of carboxylic acids is 1. The van der Waals surface area contributed by atoms with Crippen molar-refractivity contribution in [2.24, 2.45) is 0 Å². The molecule has 0 radical (unpaired) electrons. The molecule has 2 aromatic rings. The first-order valence-corrected chi connectivity index (χ1v) is 7.94. The van der Waals surface area contributed by atoms with E-state index in [9.17, 15) is 13.2 Å². The van der Waals surface area contributed by atoms with Crippen molar-refractivity contribution in [3.8, 4) is 0 Å². The van der Waals surface area contributed by atoms with Crippen molar-refractivity contribution in [1.82, 2.24) is 9.71 Å². The van der Waals surface area contributed by atoms with Crippen molar-refractivity contribution in [1.29, 1.82) is 0 Å². The fraction of sp³-hybridized carbons (Fsp3) is 0.111. The van der Waals surface area contributed by atoms with Gasteiger partial charge < -0.3 is 5.11 Å². The summed E-state index contributed by atoms with van der Waals surface area (Å²) in [6, 6.07) is 1.28. The molecule has 0 aliphatic carbocycles. The maximum absolute atomic E-state index is 11.9. The minimum atomic E-state index is -3.82. The van der Waals surface area contributed by atoms with Crippen LogP contribution >= 0.6 is 22.7 Å². The Morgan fingerprint density at radius 2 is 2.17 bits per heavy atom. The number of thiazole rings is 1. The van der Waals surface area contributed by atoms with Crippen molar-refractivity contribution in [3.05, 3.63) is 32.9 Å². The fourth-order valence-electron chi connectivity index (χ4n) is 1.24. The molecule has 0 aliphatic rings. The lowest BCUT2D eigenvalue weighted by atomic mass is 10.5. The Labute approximate surface area is 111 Å². The van der Waals surface area contributed by atoms with Gasteiger partial charge in [-0.3, -0.25) is 0 Å². The zero-order valence-electron chi connectivity index (χ0n) is 8.86. The summed E-state index contributed by atoms with van der Waals surface area (Å²) in [6.07, 6.45) is 1.57. The van der Waals surface area contributed by atoms with Crippen molar-refractivity contribution in [2.45, 2.75) is 11.4 Å². The second-order valence-corrected chi connectivity index (χ2v) is 6.80. The molecule has 2 rings (SSSR count). The molecular weight excluding hydrogens is 296 g/mol. The van der Waals surface area contributed by atoms with Gasteiger partial charge in [0.2, 0.25) is 10.0 Å². The lowest BCUT2D eigenvalue weighted by Gasteiger charge is -2.04. The van der Waals surface area contributed by atoms with E-state index < -0.39 is 16.0 Å². The maximum Gasteiger partial charge on any atom is 0.347 e. The number of hydrogen-bond acceptors (Lipinski definition) is 6. The van der Waals surface area contributed by atoms with E-state index in [4.69, 9.17) is 5.11 Å². The first-order valence-electron chi connectivity index (χ1n) is 4.69. The number of nitrogens with zero attached hydrogens (tertiary/aromatic N) is 1. The third-order valence-electron chi connectivity index (χ3n) is 2.01. The summed E-state index contributed by atoms with van der Waals surface area (Å²) in [6.45, 7) is 0.0505. The predicted molar refractivity (Wildman–Crippen MR) is 67.4 cm³/mol. The number of aromatic carboxylic acids is 1. The fourth-order valence-corrected chi connectivity index (χ4v) is 4.13. The van der Waals surface area contributed by atoms with Crippen molar-refractivity contribution in [2.75, 3.05) is 0 Å². The summed E-state index contributed by atoms with van der Waals surface area (Å²) in [4.78, 5) is 14.4. The Morgan fingerprint density at radius 1 is 1.39 bits per heavy atom.